The summed E-state index contributed by atoms with van der Waals surface area (Å²) in [6, 6.07) is 12.6. The number of para-hydroxylation sites is 1. The first-order chi connectivity index (χ1) is 12.1. The van der Waals surface area contributed by atoms with E-state index < -0.39 is 0 Å². The van der Waals surface area contributed by atoms with Crippen molar-refractivity contribution >= 4 is 10.9 Å². The van der Waals surface area contributed by atoms with Crippen LogP contribution in [0.4, 0.5) is 0 Å². The second-order valence-corrected chi connectivity index (χ2v) is 6.06. The van der Waals surface area contributed by atoms with Crippen molar-refractivity contribution in [3.63, 3.8) is 0 Å². The van der Waals surface area contributed by atoms with Gasteiger partial charge in [0.2, 0.25) is 0 Å². The van der Waals surface area contributed by atoms with Gasteiger partial charge in [-0.3, -0.25) is 14.7 Å². The molecule has 6 nitrogen and oxygen atoms in total. The monoisotopic (exact) mass is 335 g/mol. The summed E-state index contributed by atoms with van der Waals surface area (Å²) in [4.78, 5) is 25.5. The predicted molar refractivity (Wildman–Crippen MR) is 95.4 cm³/mol. The Bertz CT molecular complexity index is 1180. The molecule has 0 saturated carbocycles. The molecule has 1 aromatic carbocycles. The highest BCUT2D eigenvalue weighted by Crippen LogP contribution is 2.16. The number of hydrogen-bond acceptors (Lipinski definition) is 3. The number of benzene rings is 1. The maximum absolute atomic E-state index is 13.0. The van der Waals surface area contributed by atoms with E-state index in [9.17, 15) is 9.59 Å². The second-order valence-electron chi connectivity index (χ2n) is 6.06. The molecule has 0 atom stereocenters. The van der Waals surface area contributed by atoms with Crippen molar-refractivity contribution in [3.8, 4) is 5.69 Å². The Morgan fingerprint density at radius 2 is 1.88 bits per heavy atom. The zero-order valence-corrected chi connectivity index (χ0v) is 13.9. The lowest BCUT2D eigenvalue weighted by Crippen LogP contribution is -2.23. The van der Waals surface area contributed by atoms with Gasteiger partial charge in [-0.2, -0.15) is 0 Å². The summed E-state index contributed by atoms with van der Waals surface area (Å²) >= 11 is 0. The number of rotatable bonds is 3. The third-order valence-corrected chi connectivity index (χ3v) is 4.47. The van der Waals surface area contributed by atoms with Gasteiger partial charge in [-0.15, -0.1) is 0 Å². The number of aromatic amines is 1. The fraction of sp³-hybridized carbons (Fsp3) is 0.158. The van der Waals surface area contributed by atoms with Crippen LogP contribution in [0.1, 0.15) is 17.0 Å². The Labute approximate surface area is 142 Å². The van der Waals surface area contributed by atoms with Crippen molar-refractivity contribution in [1.82, 2.24) is 14.3 Å². The van der Waals surface area contributed by atoms with Crippen LogP contribution in [0.25, 0.3) is 16.6 Å². The lowest BCUT2D eigenvalue weighted by atomic mass is 10.2. The summed E-state index contributed by atoms with van der Waals surface area (Å²) in [5, 5.41) is 3.56. The predicted octanol–water partition coefficient (Wildman–Crippen LogP) is 2.74. The number of furan rings is 1. The van der Waals surface area contributed by atoms with Crippen molar-refractivity contribution in [2.24, 2.45) is 0 Å². The number of aryl methyl sites for hydroxylation is 2. The first-order valence-corrected chi connectivity index (χ1v) is 8.00. The second kappa shape index (κ2) is 5.66. The fourth-order valence-electron chi connectivity index (χ4n) is 3.15. The summed E-state index contributed by atoms with van der Waals surface area (Å²) in [6.07, 6.45) is 1.57. The Hall–Kier alpha value is -3.28. The van der Waals surface area contributed by atoms with E-state index in [1.807, 2.05) is 31.2 Å². The molecule has 3 heterocycles. The summed E-state index contributed by atoms with van der Waals surface area (Å²) < 4.78 is 8.37. The molecule has 126 valence electrons. The number of pyridine rings is 1. The Kier molecular flexibility index (Phi) is 3.46. The van der Waals surface area contributed by atoms with E-state index in [0.29, 0.717) is 28.9 Å². The molecule has 0 unspecified atom stereocenters. The average Bonchev–Trinajstić information content (AvgIpc) is 3.20. The summed E-state index contributed by atoms with van der Waals surface area (Å²) in [5.74, 6) is 0.666. The SMILES string of the molecule is Cc1ccccc1-n1[nH]c2cc(=O)n(Cc3ccco3)c(C)c2c1=O. The molecule has 0 amide bonds. The molecule has 3 aromatic heterocycles. The van der Waals surface area contributed by atoms with Crippen LogP contribution in [0.15, 0.2) is 62.7 Å². The molecule has 6 heteroatoms. The molecule has 0 radical (unpaired) electrons. The van der Waals surface area contributed by atoms with Crippen LogP contribution in [0.3, 0.4) is 0 Å². The van der Waals surface area contributed by atoms with E-state index in [-0.39, 0.29) is 11.1 Å². The van der Waals surface area contributed by atoms with Crippen LogP contribution in [0, 0.1) is 13.8 Å². The van der Waals surface area contributed by atoms with Crippen molar-refractivity contribution in [3.05, 3.63) is 86.5 Å². The number of H-pyrrole nitrogens is 1. The zero-order chi connectivity index (χ0) is 17.6. The van der Waals surface area contributed by atoms with Gasteiger partial charge in [-0.05, 0) is 37.6 Å². The quantitative estimate of drug-likeness (QED) is 0.626. The number of hydrogen-bond donors (Lipinski definition) is 1. The first-order valence-electron chi connectivity index (χ1n) is 8.00. The van der Waals surface area contributed by atoms with Crippen LogP contribution < -0.4 is 11.1 Å². The highest BCUT2D eigenvalue weighted by atomic mass is 16.3. The molecule has 0 aliphatic heterocycles. The van der Waals surface area contributed by atoms with Crippen molar-refractivity contribution in [2.45, 2.75) is 20.4 Å². The maximum atomic E-state index is 13.0. The van der Waals surface area contributed by atoms with Gasteiger partial charge in [-0.25, -0.2) is 4.68 Å². The van der Waals surface area contributed by atoms with Gasteiger partial charge in [-0.1, -0.05) is 18.2 Å². The highest BCUT2D eigenvalue weighted by Gasteiger charge is 2.16. The minimum atomic E-state index is -0.181. The highest BCUT2D eigenvalue weighted by molar-refractivity contribution is 5.80. The lowest BCUT2D eigenvalue weighted by molar-refractivity contribution is 0.487. The fourth-order valence-corrected chi connectivity index (χ4v) is 3.15. The largest absolute Gasteiger partial charge is 0.467 e. The van der Waals surface area contributed by atoms with Gasteiger partial charge in [0.1, 0.15) is 5.76 Å². The number of fused-ring (bicyclic) bond motifs is 1. The molecule has 0 bridgehead atoms. The third kappa shape index (κ3) is 2.42. The molecular formula is C19H17N3O3. The zero-order valence-electron chi connectivity index (χ0n) is 13.9. The van der Waals surface area contributed by atoms with Gasteiger partial charge in [0.15, 0.2) is 0 Å². The number of aromatic nitrogens is 3. The van der Waals surface area contributed by atoms with Crippen LogP contribution in [0.5, 0.6) is 0 Å². The molecule has 0 saturated heterocycles. The number of nitrogens with zero attached hydrogens (tertiary/aromatic N) is 2. The van der Waals surface area contributed by atoms with Gasteiger partial charge >= 0.3 is 0 Å². The van der Waals surface area contributed by atoms with E-state index in [0.717, 1.165) is 11.3 Å². The van der Waals surface area contributed by atoms with E-state index in [4.69, 9.17) is 4.42 Å². The Morgan fingerprint density at radius 3 is 2.60 bits per heavy atom. The number of nitrogens with one attached hydrogen (secondary N) is 1. The molecule has 4 rings (SSSR count). The molecule has 4 aromatic rings. The summed E-state index contributed by atoms with van der Waals surface area (Å²) in [5.41, 5.74) is 2.54. The van der Waals surface area contributed by atoms with E-state index in [1.165, 1.54) is 10.7 Å². The third-order valence-electron chi connectivity index (χ3n) is 4.47. The van der Waals surface area contributed by atoms with Crippen LogP contribution in [-0.2, 0) is 6.54 Å². The molecule has 0 spiro atoms. The standard InChI is InChI=1S/C19H17N3O3/c1-12-6-3-4-8-16(12)22-19(24)18-13(2)21(11-14-7-5-9-25-14)17(23)10-15(18)20-22/h3-10,20H,11H2,1-2H3. The molecule has 1 N–H and O–H groups in total. The van der Waals surface area contributed by atoms with Gasteiger partial charge in [0, 0.05) is 11.8 Å². The summed E-state index contributed by atoms with van der Waals surface area (Å²) in [6.45, 7) is 4.02. The van der Waals surface area contributed by atoms with Crippen molar-refractivity contribution in [2.75, 3.05) is 0 Å². The average molecular weight is 335 g/mol. The van der Waals surface area contributed by atoms with Crippen LogP contribution in [0.2, 0.25) is 0 Å². The maximum Gasteiger partial charge on any atom is 0.280 e. The normalized spacial score (nSPS) is 11.3. The van der Waals surface area contributed by atoms with Gasteiger partial charge in [0.25, 0.3) is 11.1 Å². The minimum Gasteiger partial charge on any atom is -0.467 e. The molecule has 0 aliphatic rings. The van der Waals surface area contributed by atoms with Crippen LogP contribution in [-0.4, -0.2) is 14.3 Å². The molecule has 0 fully saturated rings. The molecule has 0 aliphatic carbocycles. The smallest absolute Gasteiger partial charge is 0.280 e. The molecular weight excluding hydrogens is 318 g/mol. The van der Waals surface area contributed by atoms with Gasteiger partial charge in [0.05, 0.1) is 29.4 Å². The van der Waals surface area contributed by atoms with E-state index in [1.54, 1.807) is 29.9 Å². The van der Waals surface area contributed by atoms with Crippen molar-refractivity contribution in [1.29, 1.82) is 0 Å². The first kappa shape index (κ1) is 15.3. The van der Waals surface area contributed by atoms with E-state index in [2.05, 4.69) is 5.10 Å². The Morgan fingerprint density at radius 1 is 1.08 bits per heavy atom. The van der Waals surface area contributed by atoms with Crippen molar-refractivity contribution < 1.29 is 4.42 Å². The topological polar surface area (TPSA) is 72.9 Å². The Balaban J connectivity index is 1.96. The lowest BCUT2D eigenvalue weighted by Gasteiger charge is -2.08. The van der Waals surface area contributed by atoms with E-state index >= 15 is 0 Å². The molecule has 25 heavy (non-hydrogen) atoms. The van der Waals surface area contributed by atoms with Crippen LogP contribution >= 0.6 is 0 Å². The summed E-state index contributed by atoms with van der Waals surface area (Å²) in [7, 11) is 0. The van der Waals surface area contributed by atoms with Gasteiger partial charge < -0.3 is 8.98 Å². The minimum absolute atomic E-state index is 0.171.